The highest BCUT2D eigenvalue weighted by molar-refractivity contribution is 5.79. The molecule has 0 radical (unpaired) electrons. The number of nitrogens with one attached hydrogen (secondary N) is 1. The van der Waals surface area contributed by atoms with E-state index in [0.29, 0.717) is 6.54 Å². The van der Waals surface area contributed by atoms with Gasteiger partial charge >= 0.3 is 0 Å². The van der Waals surface area contributed by atoms with Crippen LogP contribution in [0.2, 0.25) is 0 Å². The zero-order valence-corrected chi connectivity index (χ0v) is 15.7. The molecule has 0 spiro atoms. The summed E-state index contributed by atoms with van der Waals surface area (Å²) in [6.07, 6.45) is 8.35. The van der Waals surface area contributed by atoms with Crippen LogP contribution in [0, 0.1) is 5.92 Å². The molecule has 0 saturated carbocycles. The highest BCUT2D eigenvalue weighted by Gasteiger charge is 2.17. The molecule has 3 heterocycles. The van der Waals surface area contributed by atoms with Crippen LogP contribution in [0.15, 0.2) is 4.99 Å². The first-order valence-corrected chi connectivity index (χ1v) is 9.68. The molecule has 1 fully saturated rings. The Hall–Kier alpha value is -1.63. The Morgan fingerprint density at radius 3 is 2.92 bits per heavy atom. The van der Waals surface area contributed by atoms with Gasteiger partial charge in [-0.1, -0.05) is 6.42 Å². The molecule has 2 aliphatic rings. The third kappa shape index (κ3) is 4.93. The minimum atomic E-state index is 0.682. The van der Waals surface area contributed by atoms with E-state index in [4.69, 9.17) is 4.74 Å². The smallest absolute Gasteiger partial charge is 0.193 e. The van der Waals surface area contributed by atoms with Gasteiger partial charge in [-0.15, -0.1) is 10.2 Å². The van der Waals surface area contributed by atoms with E-state index in [9.17, 15) is 0 Å². The normalized spacial score (nSPS) is 19.4. The van der Waals surface area contributed by atoms with Crippen molar-refractivity contribution >= 4 is 5.96 Å². The molecule has 0 aliphatic carbocycles. The van der Waals surface area contributed by atoms with Crippen LogP contribution in [0.5, 0.6) is 0 Å². The Balaban J connectivity index is 1.49. The molecule has 7 nitrogen and oxygen atoms in total. The predicted octanol–water partition coefficient (Wildman–Crippen LogP) is 1.83. The van der Waals surface area contributed by atoms with E-state index in [1.807, 2.05) is 7.05 Å². The van der Waals surface area contributed by atoms with Crippen LogP contribution in [0.4, 0.5) is 0 Å². The summed E-state index contributed by atoms with van der Waals surface area (Å²) in [4.78, 5) is 6.65. The van der Waals surface area contributed by atoms with E-state index < -0.39 is 0 Å². The molecule has 1 aromatic rings. The summed E-state index contributed by atoms with van der Waals surface area (Å²) < 4.78 is 7.73. The first-order chi connectivity index (χ1) is 12.3. The lowest BCUT2D eigenvalue weighted by molar-refractivity contribution is 0.0625. The summed E-state index contributed by atoms with van der Waals surface area (Å²) in [5, 5.41) is 12.2. The van der Waals surface area contributed by atoms with E-state index >= 15 is 0 Å². The third-order valence-corrected chi connectivity index (χ3v) is 5.38. The highest BCUT2D eigenvalue weighted by Crippen LogP contribution is 2.18. The lowest BCUT2D eigenvalue weighted by atomic mass is 9.96. The minimum absolute atomic E-state index is 0.682. The monoisotopic (exact) mass is 348 g/mol. The van der Waals surface area contributed by atoms with Gasteiger partial charge in [0.25, 0.3) is 0 Å². The Bertz CT molecular complexity index is 564. The molecule has 0 amide bonds. The number of hydrogen-bond acceptors (Lipinski definition) is 4. The zero-order valence-electron chi connectivity index (χ0n) is 15.7. The number of fused-ring (bicyclic) bond motifs is 1. The minimum Gasteiger partial charge on any atom is -0.381 e. The zero-order chi connectivity index (χ0) is 17.5. The SMILES string of the molecule is CN=C(NCc1nnc2n1CCCCC2)N(C)CCC1CCOCC1. The number of aromatic nitrogens is 3. The van der Waals surface area contributed by atoms with E-state index in [-0.39, 0.29) is 0 Å². The van der Waals surface area contributed by atoms with Crippen molar-refractivity contribution in [2.24, 2.45) is 10.9 Å². The fraction of sp³-hybridized carbons (Fsp3) is 0.833. The van der Waals surface area contributed by atoms with Crippen molar-refractivity contribution < 1.29 is 4.74 Å². The largest absolute Gasteiger partial charge is 0.381 e. The van der Waals surface area contributed by atoms with Gasteiger partial charge in [0.05, 0.1) is 6.54 Å². The van der Waals surface area contributed by atoms with Gasteiger partial charge in [-0.3, -0.25) is 4.99 Å². The van der Waals surface area contributed by atoms with Gasteiger partial charge in [0.15, 0.2) is 11.8 Å². The molecule has 0 aromatic carbocycles. The molecule has 7 heteroatoms. The molecule has 140 valence electrons. The van der Waals surface area contributed by atoms with Crippen molar-refractivity contribution in [2.75, 3.05) is 33.9 Å². The molecular formula is C18H32N6O. The lowest BCUT2D eigenvalue weighted by Gasteiger charge is -2.26. The number of hydrogen-bond donors (Lipinski definition) is 1. The topological polar surface area (TPSA) is 67.6 Å². The van der Waals surface area contributed by atoms with Gasteiger partial charge < -0.3 is 19.5 Å². The van der Waals surface area contributed by atoms with Crippen molar-refractivity contribution in [3.05, 3.63) is 11.6 Å². The number of nitrogens with zero attached hydrogens (tertiary/aromatic N) is 5. The number of aliphatic imine (C=N–C) groups is 1. The quantitative estimate of drug-likeness (QED) is 0.649. The van der Waals surface area contributed by atoms with Gasteiger partial charge in [0, 0.05) is 46.8 Å². The van der Waals surface area contributed by atoms with Crippen molar-refractivity contribution in [3.8, 4) is 0 Å². The maximum atomic E-state index is 5.44. The van der Waals surface area contributed by atoms with Gasteiger partial charge in [0.2, 0.25) is 0 Å². The summed E-state index contributed by atoms with van der Waals surface area (Å²) in [5.74, 6) is 3.87. The molecule has 25 heavy (non-hydrogen) atoms. The second-order valence-electron chi connectivity index (χ2n) is 7.16. The van der Waals surface area contributed by atoms with Crippen LogP contribution in [0.3, 0.4) is 0 Å². The maximum Gasteiger partial charge on any atom is 0.193 e. The third-order valence-electron chi connectivity index (χ3n) is 5.38. The fourth-order valence-corrected chi connectivity index (χ4v) is 3.74. The van der Waals surface area contributed by atoms with Crippen molar-refractivity contribution in [2.45, 2.75) is 58.0 Å². The number of aryl methyl sites for hydroxylation is 1. The molecule has 2 aliphatic heterocycles. The fourth-order valence-electron chi connectivity index (χ4n) is 3.74. The van der Waals surface area contributed by atoms with E-state index in [0.717, 1.165) is 56.3 Å². The molecule has 1 N–H and O–H groups in total. The molecule has 1 aromatic heterocycles. The van der Waals surface area contributed by atoms with Crippen molar-refractivity contribution in [1.82, 2.24) is 25.0 Å². The summed E-state index contributed by atoms with van der Waals surface area (Å²) in [6.45, 7) is 4.57. The molecule has 3 rings (SSSR count). The second-order valence-corrected chi connectivity index (χ2v) is 7.16. The standard InChI is InChI=1S/C18H32N6O/c1-19-18(23(2)11-7-15-8-12-25-13-9-15)20-14-17-22-21-16-6-4-3-5-10-24(16)17/h15H,3-14H2,1-2H3,(H,19,20). The van der Waals surface area contributed by atoms with Gasteiger partial charge in [-0.25, -0.2) is 0 Å². The van der Waals surface area contributed by atoms with Crippen LogP contribution in [0.1, 0.15) is 50.2 Å². The lowest BCUT2D eigenvalue weighted by Crippen LogP contribution is -2.40. The first-order valence-electron chi connectivity index (χ1n) is 9.68. The van der Waals surface area contributed by atoms with E-state index in [1.54, 1.807) is 0 Å². The summed E-state index contributed by atoms with van der Waals surface area (Å²) in [7, 11) is 3.95. The predicted molar refractivity (Wildman–Crippen MR) is 98.6 cm³/mol. The van der Waals surface area contributed by atoms with Crippen LogP contribution < -0.4 is 5.32 Å². The first kappa shape index (κ1) is 18.2. The Morgan fingerprint density at radius 2 is 2.12 bits per heavy atom. The van der Waals surface area contributed by atoms with E-state index in [2.05, 4.69) is 37.0 Å². The number of guanidine groups is 1. The van der Waals surface area contributed by atoms with Gasteiger partial charge in [-0.05, 0) is 38.0 Å². The highest BCUT2D eigenvalue weighted by atomic mass is 16.5. The van der Waals surface area contributed by atoms with Gasteiger partial charge in [-0.2, -0.15) is 0 Å². The number of rotatable bonds is 5. The Labute approximate surface area is 150 Å². The summed E-state index contributed by atoms with van der Waals surface area (Å²) >= 11 is 0. The Morgan fingerprint density at radius 1 is 1.28 bits per heavy atom. The van der Waals surface area contributed by atoms with Crippen molar-refractivity contribution in [1.29, 1.82) is 0 Å². The van der Waals surface area contributed by atoms with Crippen LogP contribution >= 0.6 is 0 Å². The van der Waals surface area contributed by atoms with Crippen LogP contribution in [-0.4, -0.2) is 59.5 Å². The van der Waals surface area contributed by atoms with Crippen LogP contribution in [-0.2, 0) is 24.2 Å². The second kappa shape index (κ2) is 9.17. The summed E-state index contributed by atoms with van der Waals surface area (Å²) in [5.41, 5.74) is 0. The molecule has 0 unspecified atom stereocenters. The van der Waals surface area contributed by atoms with Crippen molar-refractivity contribution in [3.63, 3.8) is 0 Å². The molecule has 0 atom stereocenters. The average molecular weight is 348 g/mol. The molecule has 1 saturated heterocycles. The Kier molecular flexibility index (Phi) is 6.67. The number of ether oxygens (including phenoxy) is 1. The average Bonchev–Trinajstić information content (AvgIpc) is 2.88. The van der Waals surface area contributed by atoms with Crippen LogP contribution in [0.25, 0.3) is 0 Å². The maximum absolute atomic E-state index is 5.44. The van der Waals surface area contributed by atoms with Gasteiger partial charge in [0.1, 0.15) is 5.82 Å². The van der Waals surface area contributed by atoms with E-state index in [1.165, 1.54) is 38.5 Å². The molecular weight excluding hydrogens is 316 g/mol. The molecule has 0 bridgehead atoms. The summed E-state index contributed by atoms with van der Waals surface area (Å²) in [6, 6.07) is 0.